The second-order valence-corrected chi connectivity index (χ2v) is 6.25. The first-order chi connectivity index (χ1) is 12.7. The number of carbonyl (C=O) groups excluding carboxylic acids is 1. The third-order valence-corrected chi connectivity index (χ3v) is 4.13. The summed E-state index contributed by atoms with van der Waals surface area (Å²) >= 11 is 0. The van der Waals surface area contributed by atoms with E-state index in [1.165, 1.54) is 0 Å². The monoisotopic (exact) mass is 392 g/mol. The Morgan fingerprint density at radius 3 is 2.70 bits per heavy atom. The Morgan fingerprint density at radius 2 is 1.96 bits per heavy atom. The van der Waals surface area contributed by atoms with E-state index in [-0.39, 0.29) is 24.4 Å². The number of aliphatic hydroxyl groups is 1. The molecule has 1 heterocycles. The summed E-state index contributed by atoms with van der Waals surface area (Å²) < 4.78 is 11.2. The van der Waals surface area contributed by atoms with Crippen LogP contribution in [0.2, 0.25) is 0 Å². The van der Waals surface area contributed by atoms with Crippen molar-refractivity contribution < 1.29 is 19.4 Å². The van der Waals surface area contributed by atoms with Crippen molar-refractivity contribution in [2.45, 2.75) is 25.2 Å². The fraction of sp³-hybridized carbons (Fsp3) is 0.350. The van der Waals surface area contributed by atoms with E-state index < -0.39 is 6.10 Å². The lowest BCUT2D eigenvalue weighted by Gasteiger charge is -2.12. The molecular weight excluding hydrogens is 368 g/mol. The predicted molar refractivity (Wildman–Crippen MR) is 106 cm³/mol. The van der Waals surface area contributed by atoms with Crippen LogP contribution in [0.5, 0.6) is 5.75 Å². The summed E-state index contributed by atoms with van der Waals surface area (Å²) in [6, 6.07) is 16.8. The lowest BCUT2D eigenvalue weighted by molar-refractivity contribution is -0.117. The lowest BCUT2D eigenvalue weighted by Crippen LogP contribution is -2.35. The molecule has 1 amide bonds. The quantitative estimate of drug-likeness (QED) is 0.601. The molecule has 6 nitrogen and oxygen atoms in total. The third kappa shape index (κ3) is 6.84. The normalized spacial score (nSPS) is 18.6. The summed E-state index contributed by atoms with van der Waals surface area (Å²) in [5, 5.41) is 15.4. The Hall–Kier alpha value is -2.12. The number of hydrogen-bond donors (Lipinski definition) is 3. The molecule has 7 heteroatoms. The van der Waals surface area contributed by atoms with E-state index in [4.69, 9.17) is 9.47 Å². The highest BCUT2D eigenvalue weighted by Gasteiger charge is 2.27. The topological polar surface area (TPSA) is 79.8 Å². The number of anilines is 1. The maximum Gasteiger partial charge on any atom is 0.241 e. The van der Waals surface area contributed by atoms with Crippen molar-refractivity contribution in [1.29, 1.82) is 0 Å². The van der Waals surface area contributed by atoms with Crippen LogP contribution in [0, 0.1) is 0 Å². The first-order valence-electron chi connectivity index (χ1n) is 8.77. The van der Waals surface area contributed by atoms with Crippen LogP contribution in [0.3, 0.4) is 0 Å². The summed E-state index contributed by atoms with van der Waals surface area (Å²) in [6.45, 7) is 1.87. The molecule has 0 spiro atoms. The minimum absolute atomic E-state index is 0. The SMILES string of the molecule is Cl.O=C(Nc1cccc(COCCOc2ccccc2)c1)C1CC(O)CN1. The first-order valence-corrected chi connectivity index (χ1v) is 8.77. The van der Waals surface area contributed by atoms with Gasteiger partial charge in [-0.15, -0.1) is 12.4 Å². The van der Waals surface area contributed by atoms with Crippen molar-refractivity contribution >= 4 is 24.0 Å². The molecule has 27 heavy (non-hydrogen) atoms. The molecule has 0 radical (unpaired) electrons. The van der Waals surface area contributed by atoms with Gasteiger partial charge in [0.15, 0.2) is 0 Å². The van der Waals surface area contributed by atoms with Gasteiger partial charge in [0.1, 0.15) is 12.4 Å². The molecule has 2 aromatic rings. The summed E-state index contributed by atoms with van der Waals surface area (Å²) in [5.74, 6) is 0.697. The molecule has 3 rings (SSSR count). The number of para-hydroxylation sites is 1. The number of halogens is 1. The maximum atomic E-state index is 12.2. The molecule has 1 aliphatic heterocycles. The zero-order valence-electron chi connectivity index (χ0n) is 15.0. The Morgan fingerprint density at radius 1 is 1.15 bits per heavy atom. The molecule has 3 N–H and O–H groups in total. The second-order valence-electron chi connectivity index (χ2n) is 6.25. The molecule has 2 unspecified atom stereocenters. The third-order valence-electron chi connectivity index (χ3n) is 4.13. The molecule has 0 aromatic heterocycles. The van der Waals surface area contributed by atoms with Crippen molar-refractivity contribution in [2.75, 3.05) is 25.1 Å². The molecule has 2 aromatic carbocycles. The minimum atomic E-state index is -0.455. The first kappa shape index (κ1) is 21.2. The van der Waals surface area contributed by atoms with E-state index in [0.717, 1.165) is 17.0 Å². The average Bonchev–Trinajstić information content (AvgIpc) is 3.09. The Kier molecular flexibility index (Phi) is 8.54. The largest absolute Gasteiger partial charge is 0.491 e. The molecule has 1 saturated heterocycles. The van der Waals surface area contributed by atoms with Gasteiger partial charge in [-0.3, -0.25) is 4.79 Å². The van der Waals surface area contributed by atoms with Gasteiger partial charge in [-0.25, -0.2) is 0 Å². The fourth-order valence-corrected chi connectivity index (χ4v) is 2.81. The van der Waals surface area contributed by atoms with Gasteiger partial charge < -0.3 is 25.2 Å². The Balaban J connectivity index is 0.00000261. The van der Waals surface area contributed by atoms with Crippen molar-refractivity contribution in [1.82, 2.24) is 5.32 Å². The number of carbonyl (C=O) groups is 1. The van der Waals surface area contributed by atoms with Crippen LogP contribution in [0.25, 0.3) is 0 Å². The van der Waals surface area contributed by atoms with Crippen LogP contribution < -0.4 is 15.4 Å². The summed E-state index contributed by atoms with van der Waals surface area (Å²) in [7, 11) is 0. The molecule has 1 fully saturated rings. The van der Waals surface area contributed by atoms with Crippen LogP contribution in [-0.2, 0) is 16.1 Å². The Bertz CT molecular complexity index is 714. The molecule has 0 saturated carbocycles. The number of nitrogens with one attached hydrogen (secondary N) is 2. The highest BCUT2D eigenvalue weighted by atomic mass is 35.5. The van der Waals surface area contributed by atoms with Crippen LogP contribution in [0.15, 0.2) is 54.6 Å². The highest BCUT2D eigenvalue weighted by molar-refractivity contribution is 5.95. The van der Waals surface area contributed by atoms with E-state index >= 15 is 0 Å². The number of aliphatic hydroxyl groups excluding tert-OH is 1. The summed E-state index contributed by atoms with van der Waals surface area (Å²) in [4.78, 5) is 12.2. The van der Waals surface area contributed by atoms with E-state index in [1.807, 2.05) is 54.6 Å². The van der Waals surface area contributed by atoms with E-state index in [9.17, 15) is 9.90 Å². The highest BCUT2D eigenvalue weighted by Crippen LogP contribution is 2.14. The van der Waals surface area contributed by atoms with Gasteiger partial charge in [0.25, 0.3) is 0 Å². The van der Waals surface area contributed by atoms with Crippen molar-refractivity contribution in [3.63, 3.8) is 0 Å². The van der Waals surface area contributed by atoms with Gasteiger partial charge in [0, 0.05) is 12.2 Å². The Labute approximate surface area is 165 Å². The van der Waals surface area contributed by atoms with Crippen LogP contribution in [0.4, 0.5) is 5.69 Å². The van der Waals surface area contributed by atoms with E-state index in [2.05, 4.69) is 10.6 Å². The van der Waals surface area contributed by atoms with Crippen LogP contribution in [-0.4, -0.2) is 42.9 Å². The van der Waals surface area contributed by atoms with Crippen molar-refractivity contribution in [3.05, 3.63) is 60.2 Å². The average molecular weight is 393 g/mol. The van der Waals surface area contributed by atoms with Gasteiger partial charge >= 0.3 is 0 Å². The standard InChI is InChI=1S/C20H24N2O4.ClH/c23-17-12-19(21-13-17)20(24)22-16-6-4-5-15(11-16)14-25-9-10-26-18-7-2-1-3-8-18;/h1-8,11,17,19,21,23H,9-10,12-14H2,(H,22,24);1H. The number of ether oxygens (including phenoxy) is 2. The number of β-amino-alcohol motifs (C(OH)–C–C–N with tert-alkyl or cyclic N) is 1. The van der Waals surface area contributed by atoms with E-state index in [0.29, 0.717) is 32.8 Å². The van der Waals surface area contributed by atoms with Crippen LogP contribution in [0.1, 0.15) is 12.0 Å². The minimum Gasteiger partial charge on any atom is -0.491 e. The molecule has 0 bridgehead atoms. The van der Waals surface area contributed by atoms with Gasteiger partial charge in [0.05, 0.1) is 25.4 Å². The zero-order valence-corrected chi connectivity index (χ0v) is 15.8. The molecular formula is C20H25ClN2O4. The molecule has 0 aliphatic carbocycles. The van der Waals surface area contributed by atoms with Gasteiger partial charge in [0.2, 0.25) is 5.91 Å². The number of rotatable bonds is 8. The predicted octanol–water partition coefficient (Wildman–Crippen LogP) is 2.37. The number of amides is 1. The van der Waals surface area contributed by atoms with Crippen molar-refractivity contribution in [2.24, 2.45) is 0 Å². The maximum absolute atomic E-state index is 12.2. The van der Waals surface area contributed by atoms with E-state index in [1.54, 1.807) is 0 Å². The lowest BCUT2D eigenvalue weighted by atomic mass is 10.1. The fourth-order valence-electron chi connectivity index (χ4n) is 2.81. The molecule has 1 aliphatic rings. The molecule has 146 valence electrons. The number of hydrogen-bond acceptors (Lipinski definition) is 5. The molecule has 2 atom stereocenters. The van der Waals surface area contributed by atoms with Gasteiger partial charge in [-0.05, 0) is 36.2 Å². The zero-order chi connectivity index (χ0) is 18.2. The number of benzene rings is 2. The van der Waals surface area contributed by atoms with Gasteiger partial charge in [-0.1, -0.05) is 30.3 Å². The van der Waals surface area contributed by atoms with Crippen molar-refractivity contribution in [3.8, 4) is 5.75 Å². The van der Waals surface area contributed by atoms with Crippen LogP contribution >= 0.6 is 12.4 Å². The summed E-state index contributed by atoms with van der Waals surface area (Å²) in [5.41, 5.74) is 1.70. The summed E-state index contributed by atoms with van der Waals surface area (Å²) in [6.07, 6.45) is -0.0145. The second kappa shape index (κ2) is 10.9. The van der Waals surface area contributed by atoms with Gasteiger partial charge in [-0.2, -0.15) is 0 Å². The smallest absolute Gasteiger partial charge is 0.241 e.